The summed E-state index contributed by atoms with van der Waals surface area (Å²) in [4.78, 5) is 26.6. The van der Waals surface area contributed by atoms with Crippen LogP contribution in [0.5, 0.6) is 5.88 Å². The van der Waals surface area contributed by atoms with Crippen molar-refractivity contribution < 1.29 is 9.90 Å². The topological polar surface area (TPSA) is 99.5 Å². The van der Waals surface area contributed by atoms with Gasteiger partial charge < -0.3 is 5.11 Å². The van der Waals surface area contributed by atoms with Gasteiger partial charge in [0.2, 0.25) is 5.88 Å². The molecule has 0 saturated heterocycles. The van der Waals surface area contributed by atoms with Gasteiger partial charge in [-0.3, -0.25) is 19.1 Å². The van der Waals surface area contributed by atoms with Crippen LogP contribution in [0.25, 0.3) is 5.69 Å². The molecule has 0 spiro atoms. The fraction of sp³-hybridized carbons (Fsp3) is 0.0526. The van der Waals surface area contributed by atoms with Gasteiger partial charge in [0.25, 0.3) is 11.5 Å². The largest absolute Gasteiger partial charge is 0.494 e. The molecule has 2 aromatic carbocycles. The van der Waals surface area contributed by atoms with E-state index in [0.29, 0.717) is 11.3 Å². The molecule has 27 heavy (non-hydrogen) atoms. The highest BCUT2D eigenvalue weighted by Gasteiger charge is 2.13. The van der Waals surface area contributed by atoms with Gasteiger partial charge in [-0.25, -0.2) is 5.43 Å². The van der Waals surface area contributed by atoms with E-state index in [-0.39, 0.29) is 16.2 Å². The Morgan fingerprint density at radius 2 is 1.96 bits per heavy atom. The maximum absolute atomic E-state index is 12.2. The first-order valence-electron chi connectivity index (χ1n) is 8.01. The number of aromatic nitrogens is 2. The van der Waals surface area contributed by atoms with Gasteiger partial charge in [0, 0.05) is 5.56 Å². The number of carbonyl (C=O) groups excluding carboxylic acids is 1. The lowest BCUT2D eigenvalue weighted by Crippen LogP contribution is -2.21. The van der Waals surface area contributed by atoms with E-state index >= 15 is 0 Å². The second-order valence-corrected chi connectivity index (χ2v) is 6.12. The molecule has 1 amide bonds. The summed E-state index contributed by atoms with van der Waals surface area (Å²) < 4.78 is 1.37. The predicted octanol–water partition coefficient (Wildman–Crippen LogP) is 2.67. The highest BCUT2D eigenvalue weighted by molar-refractivity contribution is 7.71. The first-order chi connectivity index (χ1) is 13.0. The number of carbonyl (C=O) groups is 1. The number of aromatic amines is 1. The summed E-state index contributed by atoms with van der Waals surface area (Å²) in [7, 11) is 0. The van der Waals surface area contributed by atoms with E-state index in [4.69, 9.17) is 12.2 Å². The molecule has 3 rings (SSSR count). The van der Waals surface area contributed by atoms with Gasteiger partial charge in [-0.2, -0.15) is 5.10 Å². The number of nitrogens with zero attached hydrogens (tertiary/aromatic N) is 2. The van der Waals surface area contributed by atoms with Crippen molar-refractivity contribution in [1.82, 2.24) is 15.0 Å². The number of aryl methyl sites for hydroxylation is 1. The highest BCUT2D eigenvalue weighted by Crippen LogP contribution is 2.19. The fourth-order valence-corrected chi connectivity index (χ4v) is 2.76. The van der Waals surface area contributed by atoms with Crippen LogP contribution in [0.2, 0.25) is 0 Å². The van der Waals surface area contributed by atoms with Crippen LogP contribution in [0, 0.1) is 11.7 Å². The van der Waals surface area contributed by atoms with Crippen molar-refractivity contribution in [2.24, 2.45) is 5.10 Å². The minimum absolute atomic E-state index is 0.0496. The summed E-state index contributed by atoms with van der Waals surface area (Å²) in [5.41, 5.74) is 3.56. The molecule has 7 nitrogen and oxygen atoms in total. The van der Waals surface area contributed by atoms with Gasteiger partial charge in [-0.1, -0.05) is 30.3 Å². The Hall–Kier alpha value is -3.52. The van der Waals surface area contributed by atoms with E-state index < -0.39 is 11.5 Å². The smallest absolute Gasteiger partial charge is 0.271 e. The number of hydrogen-bond donors (Lipinski definition) is 3. The zero-order valence-electron chi connectivity index (χ0n) is 14.3. The molecule has 1 aromatic heterocycles. The van der Waals surface area contributed by atoms with E-state index in [2.05, 4.69) is 15.5 Å². The average molecular weight is 380 g/mol. The van der Waals surface area contributed by atoms with Gasteiger partial charge in [-0.15, -0.1) is 0 Å². The number of benzene rings is 2. The molecule has 0 aliphatic carbocycles. The van der Waals surface area contributed by atoms with Crippen LogP contribution in [-0.4, -0.2) is 26.8 Å². The van der Waals surface area contributed by atoms with Crippen LogP contribution in [0.1, 0.15) is 21.5 Å². The molecule has 0 atom stereocenters. The molecule has 8 heteroatoms. The zero-order chi connectivity index (χ0) is 19.4. The lowest BCUT2D eigenvalue weighted by atomic mass is 10.2. The number of H-pyrrole nitrogens is 1. The van der Waals surface area contributed by atoms with E-state index in [1.807, 2.05) is 25.1 Å². The lowest BCUT2D eigenvalue weighted by molar-refractivity contribution is 0.0955. The van der Waals surface area contributed by atoms with Crippen LogP contribution >= 0.6 is 12.2 Å². The summed E-state index contributed by atoms with van der Waals surface area (Å²) in [5.74, 6) is -0.804. The summed E-state index contributed by atoms with van der Waals surface area (Å²) in [6.07, 6.45) is 1.08. The Morgan fingerprint density at radius 3 is 2.67 bits per heavy atom. The van der Waals surface area contributed by atoms with Crippen molar-refractivity contribution in [3.8, 4) is 11.6 Å². The predicted molar refractivity (Wildman–Crippen MR) is 105 cm³/mol. The van der Waals surface area contributed by atoms with Gasteiger partial charge in [0.05, 0.1) is 11.9 Å². The highest BCUT2D eigenvalue weighted by atomic mass is 32.1. The quantitative estimate of drug-likeness (QED) is 0.368. The van der Waals surface area contributed by atoms with Crippen LogP contribution in [0.3, 0.4) is 0 Å². The number of nitrogens with one attached hydrogen (secondary N) is 2. The van der Waals surface area contributed by atoms with Gasteiger partial charge >= 0.3 is 0 Å². The van der Waals surface area contributed by atoms with Crippen LogP contribution in [0.4, 0.5) is 0 Å². The third-order valence-corrected chi connectivity index (χ3v) is 4.06. The van der Waals surface area contributed by atoms with E-state index in [1.54, 1.807) is 36.4 Å². The van der Waals surface area contributed by atoms with Gasteiger partial charge in [-0.05, 0) is 49.0 Å². The Kier molecular flexibility index (Phi) is 5.28. The molecule has 0 radical (unpaired) electrons. The normalized spacial score (nSPS) is 10.9. The number of hydrazone groups is 1. The van der Waals surface area contributed by atoms with Crippen molar-refractivity contribution in [2.75, 3.05) is 0 Å². The monoisotopic (exact) mass is 380 g/mol. The first kappa shape index (κ1) is 18.3. The summed E-state index contributed by atoms with van der Waals surface area (Å²) >= 11 is 5.16. The van der Waals surface area contributed by atoms with Crippen molar-refractivity contribution >= 4 is 24.3 Å². The molecule has 1 heterocycles. The summed E-state index contributed by atoms with van der Waals surface area (Å²) in [5, 5.41) is 14.3. The van der Waals surface area contributed by atoms with Crippen molar-refractivity contribution in [3.63, 3.8) is 0 Å². The fourth-order valence-electron chi connectivity index (χ4n) is 2.47. The molecule has 0 unspecified atom stereocenters. The van der Waals surface area contributed by atoms with Crippen LogP contribution in [-0.2, 0) is 0 Å². The number of amides is 1. The zero-order valence-corrected chi connectivity index (χ0v) is 15.2. The Balaban J connectivity index is 1.94. The van der Waals surface area contributed by atoms with Crippen LogP contribution in [0.15, 0.2) is 64.5 Å². The SMILES string of the molecule is Cc1cccc(-n2c(O)c(/C=N/NC(=O)c3ccccc3)c(=O)[nH]c2=S)c1. The minimum Gasteiger partial charge on any atom is -0.494 e. The average Bonchev–Trinajstić information content (AvgIpc) is 2.65. The molecule has 136 valence electrons. The molecular weight excluding hydrogens is 364 g/mol. The maximum Gasteiger partial charge on any atom is 0.271 e. The second-order valence-electron chi connectivity index (χ2n) is 5.74. The Bertz CT molecular complexity index is 1130. The molecule has 3 aromatic rings. The third kappa shape index (κ3) is 4.01. The van der Waals surface area contributed by atoms with Gasteiger partial charge in [0.15, 0.2) is 4.77 Å². The van der Waals surface area contributed by atoms with E-state index in [9.17, 15) is 14.7 Å². The maximum atomic E-state index is 12.2. The lowest BCUT2D eigenvalue weighted by Gasteiger charge is -2.11. The molecule has 3 N–H and O–H groups in total. The van der Waals surface area contributed by atoms with Crippen molar-refractivity contribution in [2.45, 2.75) is 6.92 Å². The molecule has 0 aliphatic rings. The molecule has 0 fully saturated rings. The van der Waals surface area contributed by atoms with Gasteiger partial charge in [0.1, 0.15) is 5.56 Å². The molecule has 0 aliphatic heterocycles. The van der Waals surface area contributed by atoms with E-state index in [0.717, 1.165) is 11.8 Å². The second kappa shape index (κ2) is 7.79. The van der Waals surface area contributed by atoms with Crippen molar-refractivity contribution in [3.05, 3.63) is 86.4 Å². The first-order valence-corrected chi connectivity index (χ1v) is 8.42. The molecular formula is C19H16N4O3S. The minimum atomic E-state index is -0.612. The number of aromatic hydroxyl groups is 1. The number of hydrogen-bond acceptors (Lipinski definition) is 5. The standard InChI is InChI=1S/C19H16N4O3S/c1-12-6-5-9-14(10-12)23-18(26)15(17(25)21-19(23)27)11-20-22-16(24)13-7-3-2-4-8-13/h2-11,26H,1H3,(H,22,24)(H,21,25,27)/b20-11+. The summed E-state index contributed by atoms with van der Waals surface area (Å²) in [6, 6.07) is 15.8. The van der Waals surface area contributed by atoms with Crippen molar-refractivity contribution in [1.29, 1.82) is 0 Å². The third-order valence-electron chi connectivity index (χ3n) is 3.78. The van der Waals surface area contributed by atoms with E-state index in [1.165, 1.54) is 4.57 Å². The number of rotatable bonds is 4. The van der Waals surface area contributed by atoms with Crippen LogP contribution < -0.4 is 11.0 Å². The summed E-state index contributed by atoms with van der Waals surface area (Å²) in [6.45, 7) is 1.90. The molecule has 0 bridgehead atoms. The Morgan fingerprint density at radius 1 is 1.22 bits per heavy atom. The Labute approximate surface area is 159 Å². The molecule has 0 saturated carbocycles.